The summed E-state index contributed by atoms with van der Waals surface area (Å²) in [5.74, 6) is -1.20. The van der Waals surface area contributed by atoms with Crippen molar-refractivity contribution in [1.29, 1.82) is 0 Å². The van der Waals surface area contributed by atoms with Crippen LogP contribution in [0.2, 0.25) is 0 Å². The molecule has 2 aromatic carbocycles. The number of rotatable bonds is 5. The molecule has 0 saturated carbocycles. The Bertz CT molecular complexity index is 1080. The van der Waals surface area contributed by atoms with Gasteiger partial charge in [-0.25, -0.2) is 9.18 Å². The van der Waals surface area contributed by atoms with Crippen LogP contribution in [0.3, 0.4) is 0 Å². The first kappa shape index (κ1) is 19.1. The molecule has 1 aromatic heterocycles. The first-order valence-electron chi connectivity index (χ1n) is 9.45. The van der Waals surface area contributed by atoms with Crippen LogP contribution >= 0.6 is 0 Å². The fraction of sp³-hybridized carbons (Fsp3) is 0.217. The summed E-state index contributed by atoms with van der Waals surface area (Å²) in [4.78, 5) is 17.7. The van der Waals surface area contributed by atoms with Gasteiger partial charge in [-0.15, -0.1) is 0 Å². The molecule has 0 bridgehead atoms. The lowest BCUT2D eigenvalue weighted by atomic mass is 9.95. The fourth-order valence-electron chi connectivity index (χ4n) is 4.00. The van der Waals surface area contributed by atoms with Gasteiger partial charge in [0.1, 0.15) is 5.82 Å². The predicted octanol–water partition coefficient (Wildman–Crippen LogP) is 4.49. The maximum absolute atomic E-state index is 13.4. The molecular formula is C23H22FN3O2. The topological polar surface area (TPSA) is 65.5 Å². The SMILES string of the molecule is Cc1cc(F)ccc1-c1ccc2c(c1)CN(C)C2CNc1cnccc1C(=O)O. The van der Waals surface area contributed by atoms with E-state index in [9.17, 15) is 14.3 Å². The second-order valence-corrected chi connectivity index (χ2v) is 7.41. The van der Waals surface area contributed by atoms with Crippen molar-refractivity contribution in [2.75, 3.05) is 18.9 Å². The third-order valence-electron chi connectivity index (χ3n) is 5.49. The van der Waals surface area contributed by atoms with Crippen LogP contribution in [-0.4, -0.2) is 34.6 Å². The summed E-state index contributed by atoms with van der Waals surface area (Å²) in [5.41, 5.74) is 6.17. The molecule has 148 valence electrons. The van der Waals surface area contributed by atoms with Crippen molar-refractivity contribution in [2.24, 2.45) is 0 Å². The Morgan fingerprint density at radius 1 is 1.28 bits per heavy atom. The van der Waals surface area contributed by atoms with Crippen LogP contribution in [0.4, 0.5) is 10.1 Å². The second-order valence-electron chi connectivity index (χ2n) is 7.41. The zero-order valence-electron chi connectivity index (χ0n) is 16.3. The number of fused-ring (bicyclic) bond motifs is 1. The molecule has 3 aromatic rings. The van der Waals surface area contributed by atoms with Crippen molar-refractivity contribution < 1.29 is 14.3 Å². The smallest absolute Gasteiger partial charge is 0.337 e. The maximum atomic E-state index is 13.4. The molecule has 0 amide bonds. The first-order valence-corrected chi connectivity index (χ1v) is 9.45. The van der Waals surface area contributed by atoms with Gasteiger partial charge in [0.2, 0.25) is 0 Å². The van der Waals surface area contributed by atoms with Crippen LogP contribution in [-0.2, 0) is 6.54 Å². The van der Waals surface area contributed by atoms with Crippen molar-refractivity contribution in [2.45, 2.75) is 19.5 Å². The molecule has 1 aliphatic heterocycles. The summed E-state index contributed by atoms with van der Waals surface area (Å²) in [5, 5.41) is 12.6. The molecule has 4 rings (SSSR count). The van der Waals surface area contributed by atoms with E-state index >= 15 is 0 Å². The summed E-state index contributed by atoms with van der Waals surface area (Å²) in [6.45, 7) is 3.29. The number of likely N-dealkylation sites (N-methyl/N-ethyl adjacent to an activating group) is 1. The summed E-state index contributed by atoms with van der Waals surface area (Å²) >= 11 is 0. The molecular weight excluding hydrogens is 369 g/mol. The number of hydrogen-bond acceptors (Lipinski definition) is 4. The average molecular weight is 391 g/mol. The molecule has 5 nitrogen and oxygen atoms in total. The standard InChI is InChI=1S/C23H22FN3O2/c1-14-9-17(24)4-6-18(14)15-3-5-19-16(10-15)13-27(2)22(19)12-26-21-11-25-8-7-20(21)23(28)29/h3-11,22,26H,12-13H2,1-2H3,(H,28,29). The summed E-state index contributed by atoms with van der Waals surface area (Å²) in [6.07, 6.45) is 3.02. The summed E-state index contributed by atoms with van der Waals surface area (Å²) in [6, 6.07) is 12.8. The van der Waals surface area contributed by atoms with Gasteiger partial charge in [-0.3, -0.25) is 9.88 Å². The van der Waals surface area contributed by atoms with Crippen molar-refractivity contribution in [1.82, 2.24) is 9.88 Å². The van der Waals surface area contributed by atoms with E-state index in [1.807, 2.05) is 13.0 Å². The van der Waals surface area contributed by atoms with Crippen LogP contribution in [0, 0.1) is 12.7 Å². The third kappa shape index (κ3) is 3.71. The van der Waals surface area contributed by atoms with Gasteiger partial charge in [0, 0.05) is 19.3 Å². The quantitative estimate of drug-likeness (QED) is 0.671. The van der Waals surface area contributed by atoms with Gasteiger partial charge >= 0.3 is 5.97 Å². The van der Waals surface area contributed by atoms with Crippen LogP contribution < -0.4 is 5.32 Å². The molecule has 1 aliphatic rings. The maximum Gasteiger partial charge on any atom is 0.337 e. The Labute approximate surface area is 168 Å². The van der Waals surface area contributed by atoms with E-state index in [0.29, 0.717) is 12.2 Å². The van der Waals surface area contributed by atoms with Crippen LogP contribution in [0.1, 0.15) is 33.1 Å². The van der Waals surface area contributed by atoms with E-state index in [0.717, 1.165) is 23.2 Å². The number of hydrogen-bond donors (Lipinski definition) is 2. The number of benzene rings is 2. The number of pyridine rings is 1. The number of nitrogens with zero attached hydrogens (tertiary/aromatic N) is 2. The number of carboxylic acid groups (broad SMARTS) is 1. The minimum absolute atomic E-state index is 0.121. The number of halogens is 1. The summed E-state index contributed by atoms with van der Waals surface area (Å²) < 4.78 is 13.4. The van der Waals surface area contributed by atoms with Gasteiger partial charge in [0.15, 0.2) is 0 Å². The first-order chi connectivity index (χ1) is 13.9. The van der Waals surface area contributed by atoms with Crippen molar-refractivity contribution >= 4 is 11.7 Å². The van der Waals surface area contributed by atoms with E-state index in [2.05, 4.69) is 40.4 Å². The Morgan fingerprint density at radius 2 is 2.10 bits per heavy atom. The highest BCUT2D eigenvalue weighted by Gasteiger charge is 2.28. The zero-order chi connectivity index (χ0) is 20.5. The Morgan fingerprint density at radius 3 is 2.86 bits per heavy atom. The van der Waals surface area contributed by atoms with E-state index in [4.69, 9.17) is 0 Å². The molecule has 2 N–H and O–H groups in total. The van der Waals surface area contributed by atoms with Gasteiger partial charge in [-0.05, 0) is 66.1 Å². The van der Waals surface area contributed by atoms with Gasteiger partial charge in [-0.2, -0.15) is 0 Å². The van der Waals surface area contributed by atoms with Gasteiger partial charge in [-0.1, -0.05) is 18.2 Å². The molecule has 2 heterocycles. The highest BCUT2D eigenvalue weighted by Crippen LogP contribution is 2.36. The van der Waals surface area contributed by atoms with Crippen molar-refractivity contribution in [3.8, 4) is 11.1 Å². The van der Waals surface area contributed by atoms with E-state index in [1.165, 1.54) is 29.5 Å². The number of carbonyl (C=O) groups is 1. The van der Waals surface area contributed by atoms with Gasteiger partial charge < -0.3 is 10.4 Å². The molecule has 1 unspecified atom stereocenters. The molecule has 29 heavy (non-hydrogen) atoms. The number of aryl methyl sites for hydroxylation is 1. The van der Waals surface area contributed by atoms with E-state index < -0.39 is 5.97 Å². The minimum Gasteiger partial charge on any atom is -0.478 e. The molecule has 0 radical (unpaired) electrons. The summed E-state index contributed by atoms with van der Waals surface area (Å²) in [7, 11) is 2.05. The van der Waals surface area contributed by atoms with E-state index in [-0.39, 0.29) is 17.4 Å². The molecule has 0 spiro atoms. The number of anilines is 1. The number of aromatic nitrogens is 1. The highest BCUT2D eigenvalue weighted by molar-refractivity contribution is 5.93. The molecule has 0 aliphatic carbocycles. The van der Waals surface area contributed by atoms with Crippen LogP contribution in [0.15, 0.2) is 54.9 Å². The minimum atomic E-state index is -0.977. The molecule has 0 fully saturated rings. The lowest BCUT2D eigenvalue weighted by molar-refractivity contribution is 0.0697. The Balaban J connectivity index is 1.58. The van der Waals surface area contributed by atoms with Crippen molar-refractivity contribution in [3.63, 3.8) is 0 Å². The highest BCUT2D eigenvalue weighted by atomic mass is 19.1. The predicted molar refractivity (Wildman–Crippen MR) is 110 cm³/mol. The van der Waals surface area contributed by atoms with E-state index in [1.54, 1.807) is 12.3 Å². The number of carboxylic acids is 1. The third-order valence-corrected chi connectivity index (χ3v) is 5.49. The average Bonchev–Trinajstić information content (AvgIpc) is 3.00. The lowest BCUT2D eigenvalue weighted by Crippen LogP contribution is -2.24. The zero-order valence-corrected chi connectivity index (χ0v) is 16.3. The van der Waals surface area contributed by atoms with Crippen LogP contribution in [0.5, 0.6) is 0 Å². The molecule has 0 saturated heterocycles. The second kappa shape index (κ2) is 7.64. The lowest BCUT2D eigenvalue weighted by Gasteiger charge is -2.22. The number of nitrogens with one attached hydrogen (secondary N) is 1. The van der Waals surface area contributed by atoms with Gasteiger partial charge in [0.25, 0.3) is 0 Å². The normalized spacial score (nSPS) is 15.9. The largest absolute Gasteiger partial charge is 0.478 e. The number of aromatic carboxylic acids is 1. The van der Waals surface area contributed by atoms with Crippen molar-refractivity contribution in [3.05, 3.63) is 82.9 Å². The molecule has 1 atom stereocenters. The fourth-order valence-corrected chi connectivity index (χ4v) is 4.00. The Hall–Kier alpha value is -3.25. The monoisotopic (exact) mass is 391 g/mol. The Kier molecular flexibility index (Phi) is 5.03. The van der Waals surface area contributed by atoms with Gasteiger partial charge in [0.05, 0.1) is 23.5 Å². The van der Waals surface area contributed by atoms with Crippen LogP contribution in [0.25, 0.3) is 11.1 Å². The molecule has 6 heteroatoms.